The molecule has 3 heterocycles. The number of anilines is 3. The molecular formula is C26H26FN5O3. The summed E-state index contributed by atoms with van der Waals surface area (Å²) in [5.74, 6) is -1.45. The van der Waals surface area contributed by atoms with Crippen LogP contribution in [0.25, 0.3) is 0 Å². The minimum absolute atomic E-state index is 0.103. The lowest BCUT2D eigenvalue weighted by Gasteiger charge is -2.33. The van der Waals surface area contributed by atoms with Gasteiger partial charge >= 0.3 is 0 Å². The number of hydrogen-bond donors (Lipinski definition) is 3. The number of hydrogen-bond acceptors (Lipinski definition) is 5. The Morgan fingerprint density at radius 1 is 1.09 bits per heavy atom. The highest BCUT2D eigenvalue weighted by Gasteiger charge is 2.35. The van der Waals surface area contributed by atoms with Crippen LogP contribution in [0.15, 0.2) is 59.4 Å². The summed E-state index contributed by atoms with van der Waals surface area (Å²) in [5.41, 5.74) is 1.22. The normalized spacial score (nSPS) is 18.0. The molecule has 35 heavy (non-hydrogen) atoms. The fourth-order valence-corrected chi connectivity index (χ4v) is 4.83. The summed E-state index contributed by atoms with van der Waals surface area (Å²) in [6.07, 6.45) is 2.74. The number of benzene rings is 2. The van der Waals surface area contributed by atoms with Gasteiger partial charge in [0.2, 0.25) is 17.8 Å². The van der Waals surface area contributed by atoms with E-state index in [9.17, 15) is 18.8 Å². The van der Waals surface area contributed by atoms with Crippen LogP contribution in [-0.4, -0.2) is 34.9 Å². The number of fused-ring (bicyclic) bond motifs is 1. The first-order valence-electron chi connectivity index (χ1n) is 11.8. The topological polar surface area (TPSA) is 107 Å². The highest BCUT2D eigenvalue weighted by atomic mass is 19.1. The zero-order valence-electron chi connectivity index (χ0n) is 19.1. The quantitative estimate of drug-likeness (QED) is 0.524. The predicted molar refractivity (Wildman–Crippen MR) is 131 cm³/mol. The van der Waals surface area contributed by atoms with Crippen LogP contribution in [0, 0.1) is 11.7 Å². The van der Waals surface area contributed by atoms with Crippen LogP contribution < -0.4 is 21.1 Å². The Morgan fingerprint density at radius 2 is 1.86 bits per heavy atom. The van der Waals surface area contributed by atoms with Crippen LogP contribution in [-0.2, 0) is 16.0 Å². The maximum atomic E-state index is 13.5. The van der Waals surface area contributed by atoms with Gasteiger partial charge < -0.3 is 15.5 Å². The molecule has 2 amide bonds. The average molecular weight is 476 g/mol. The van der Waals surface area contributed by atoms with Gasteiger partial charge in [-0.15, -0.1) is 0 Å². The maximum Gasteiger partial charge on any atom is 0.258 e. The molecule has 2 aliphatic heterocycles. The molecule has 5 rings (SSSR count). The summed E-state index contributed by atoms with van der Waals surface area (Å²) in [5, 5.41) is 5.24. The van der Waals surface area contributed by atoms with Crippen LogP contribution in [0.3, 0.4) is 0 Å². The third-order valence-electron chi connectivity index (χ3n) is 6.63. The fourth-order valence-electron chi connectivity index (χ4n) is 4.83. The molecule has 1 saturated heterocycles. The number of aromatic nitrogens is 2. The molecule has 1 aromatic heterocycles. The van der Waals surface area contributed by atoms with Crippen molar-refractivity contribution in [3.63, 3.8) is 0 Å². The van der Waals surface area contributed by atoms with Crippen molar-refractivity contribution in [2.75, 3.05) is 28.6 Å². The summed E-state index contributed by atoms with van der Waals surface area (Å²) in [7, 11) is 0. The average Bonchev–Trinajstić information content (AvgIpc) is 2.84. The molecule has 2 aliphatic rings. The van der Waals surface area contributed by atoms with Gasteiger partial charge in [0.25, 0.3) is 5.56 Å². The van der Waals surface area contributed by atoms with Crippen molar-refractivity contribution in [1.82, 2.24) is 9.97 Å². The highest BCUT2D eigenvalue weighted by Crippen LogP contribution is 2.31. The molecule has 2 aromatic carbocycles. The largest absolute Gasteiger partial charge is 0.342 e. The molecule has 1 unspecified atom stereocenters. The van der Waals surface area contributed by atoms with Gasteiger partial charge in [0.05, 0.1) is 11.5 Å². The summed E-state index contributed by atoms with van der Waals surface area (Å²) in [6.45, 7) is 1.47. The Morgan fingerprint density at radius 3 is 2.60 bits per heavy atom. The second-order valence-corrected chi connectivity index (χ2v) is 9.08. The van der Waals surface area contributed by atoms with Crippen molar-refractivity contribution in [2.24, 2.45) is 5.92 Å². The molecule has 3 N–H and O–H groups in total. The van der Waals surface area contributed by atoms with E-state index < -0.39 is 29.1 Å². The van der Waals surface area contributed by atoms with E-state index in [1.165, 1.54) is 29.8 Å². The molecule has 0 saturated carbocycles. The van der Waals surface area contributed by atoms with E-state index in [4.69, 9.17) is 0 Å². The van der Waals surface area contributed by atoms with Gasteiger partial charge in [0.1, 0.15) is 11.6 Å². The van der Waals surface area contributed by atoms with Gasteiger partial charge in [-0.3, -0.25) is 19.4 Å². The molecule has 0 spiro atoms. The summed E-state index contributed by atoms with van der Waals surface area (Å²) in [6, 6.07) is 15.8. The zero-order chi connectivity index (χ0) is 24.4. The molecule has 1 fully saturated rings. The first kappa shape index (κ1) is 22.8. The summed E-state index contributed by atoms with van der Waals surface area (Å²) in [4.78, 5) is 47.6. The van der Waals surface area contributed by atoms with Crippen molar-refractivity contribution in [2.45, 2.75) is 31.6 Å². The van der Waals surface area contributed by atoms with Crippen LogP contribution in [0.2, 0.25) is 0 Å². The van der Waals surface area contributed by atoms with E-state index in [0.29, 0.717) is 11.9 Å². The monoisotopic (exact) mass is 475 g/mol. The number of aromatic amines is 1. The Balaban J connectivity index is 1.32. The third kappa shape index (κ3) is 5.08. The molecule has 180 valence electrons. The number of halogens is 1. The summed E-state index contributed by atoms with van der Waals surface area (Å²) < 4.78 is 13.5. The van der Waals surface area contributed by atoms with Crippen molar-refractivity contribution < 1.29 is 14.0 Å². The number of piperidine rings is 1. The molecule has 1 atom stereocenters. The van der Waals surface area contributed by atoms with Gasteiger partial charge in [0, 0.05) is 25.2 Å². The lowest BCUT2D eigenvalue weighted by molar-refractivity contribution is -0.123. The molecule has 3 aromatic rings. The van der Waals surface area contributed by atoms with Gasteiger partial charge in [-0.1, -0.05) is 36.4 Å². The van der Waals surface area contributed by atoms with Crippen molar-refractivity contribution in [1.29, 1.82) is 0 Å². The smallest absolute Gasteiger partial charge is 0.258 e. The Kier molecular flexibility index (Phi) is 6.31. The van der Waals surface area contributed by atoms with Crippen LogP contribution in [0.1, 0.15) is 36.3 Å². The Bertz CT molecular complexity index is 1300. The second-order valence-electron chi connectivity index (χ2n) is 9.08. The van der Waals surface area contributed by atoms with Crippen LogP contribution in [0.4, 0.5) is 21.8 Å². The predicted octanol–water partition coefficient (Wildman–Crippen LogP) is 3.43. The number of carbonyl (C=O) groups excluding carboxylic acids is 2. The molecular weight excluding hydrogens is 449 g/mol. The minimum atomic E-state index is -1.02. The first-order chi connectivity index (χ1) is 17.0. The SMILES string of the molecule is O=C1CC(C(=O)Nc2cccc(F)c2)c2c(nc(N3CCC(Cc4ccccc4)CC3)[nH]c2=O)N1. The molecule has 9 heteroatoms. The van der Waals surface area contributed by atoms with E-state index in [1.54, 1.807) is 0 Å². The van der Waals surface area contributed by atoms with E-state index in [0.717, 1.165) is 32.4 Å². The van der Waals surface area contributed by atoms with Crippen molar-refractivity contribution in [3.05, 3.63) is 81.9 Å². The Labute approximate surface area is 201 Å². The van der Waals surface area contributed by atoms with E-state index in [1.807, 2.05) is 23.1 Å². The zero-order valence-corrected chi connectivity index (χ0v) is 19.1. The van der Waals surface area contributed by atoms with E-state index in [-0.39, 0.29) is 23.5 Å². The van der Waals surface area contributed by atoms with Crippen LogP contribution in [0.5, 0.6) is 0 Å². The second kappa shape index (κ2) is 9.69. The minimum Gasteiger partial charge on any atom is -0.342 e. The van der Waals surface area contributed by atoms with E-state index >= 15 is 0 Å². The summed E-state index contributed by atoms with van der Waals surface area (Å²) >= 11 is 0. The van der Waals surface area contributed by atoms with E-state index in [2.05, 4.69) is 32.7 Å². The molecule has 0 radical (unpaired) electrons. The number of nitrogens with zero attached hydrogens (tertiary/aromatic N) is 2. The van der Waals surface area contributed by atoms with Crippen LogP contribution >= 0.6 is 0 Å². The number of rotatable bonds is 5. The number of nitrogens with one attached hydrogen (secondary N) is 3. The van der Waals surface area contributed by atoms with Crippen molar-refractivity contribution >= 4 is 29.3 Å². The van der Waals surface area contributed by atoms with Crippen molar-refractivity contribution in [3.8, 4) is 0 Å². The standard InChI is InChI=1S/C26H26FN5O3/c27-18-7-4-8-19(14-18)28-24(34)20-15-21(33)29-23-22(20)25(35)31-26(30-23)32-11-9-17(10-12-32)13-16-5-2-1-3-6-16/h1-8,14,17,20H,9-13,15H2,(H,28,34)(H2,29,30,31,33,35). The molecule has 8 nitrogen and oxygen atoms in total. The lowest BCUT2D eigenvalue weighted by atomic mass is 9.90. The van der Waals surface area contributed by atoms with Gasteiger partial charge in [-0.2, -0.15) is 4.98 Å². The lowest BCUT2D eigenvalue weighted by Crippen LogP contribution is -2.40. The number of H-pyrrole nitrogens is 1. The fraction of sp³-hybridized carbons (Fsp3) is 0.308. The van der Waals surface area contributed by atoms with Gasteiger partial charge in [0.15, 0.2) is 0 Å². The Hall–Kier alpha value is -4.01. The number of carbonyl (C=O) groups is 2. The molecule has 0 bridgehead atoms. The third-order valence-corrected chi connectivity index (χ3v) is 6.63. The van der Waals surface area contributed by atoms with Gasteiger partial charge in [-0.05, 0) is 48.9 Å². The highest BCUT2D eigenvalue weighted by molar-refractivity contribution is 6.04. The maximum absolute atomic E-state index is 13.5. The van der Waals surface area contributed by atoms with Gasteiger partial charge in [-0.25, -0.2) is 4.39 Å². The molecule has 0 aliphatic carbocycles. The first-order valence-corrected chi connectivity index (χ1v) is 11.8. The number of amides is 2.